The van der Waals surface area contributed by atoms with Gasteiger partial charge >= 0.3 is 5.97 Å². The van der Waals surface area contributed by atoms with Crippen LogP contribution in [0.5, 0.6) is 0 Å². The SMILES string of the molecule is CC1CCC(C(C)C)C(O)C1.CCCCCCCC/C=C\CCCCCCCC(=O)O. The fourth-order valence-electron chi connectivity index (χ4n) is 4.50. The summed E-state index contributed by atoms with van der Waals surface area (Å²) in [5, 5.41) is 18.2. The number of unbranched alkanes of at least 4 members (excludes halogenated alkanes) is 11. The summed E-state index contributed by atoms with van der Waals surface area (Å²) >= 11 is 0. The number of allylic oxidation sites excluding steroid dienone is 2. The lowest BCUT2D eigenvalue weighted by atomic mass is 9.75. The first-order valence-corrected chi connectivity index (χ1v) is 13.4. The molecule has 0 saturated heterocycles. The number of hydrogen-bond acceptors (Lipinski definition) is 2. The summed E-state index contributed by atoms with van der Waals surface area (Å²) in [5.74, 6) is 1.28. The molecule has 3 nitrogen and oxygen atoms in total. The summed E-state index contributed by atoms with van der Waals surface area (Å²) < 4.78 is 0. The molecule has 0 aliphatic heterocycles. The van der Waals surface area contributed by atoms with Crippen LogP contribution in [-0.4, -0.2) is 22.3 Å². The second kappa shape index (κ2) is 21.0. The molecule has 184 valence electrons. The molecule has 1 saturated carbocycles. The molecule has 1 aliphatic rings. The summed E-state index contributed by atoms with van der Waals surface area (Å²) in [7, 11) is 0. The van der Waals surface area contributed by atoms with Crippen molar-refractivity contribution < 1.29 is 15.0 Å². The first kappa shape index (κ1) is 30.2. The van der Waals surface area contributed by atoms with Crippen LogP contribution in [0.2, 0.25) is 0 Å². The molecule has 3 unspecified atom stereocenters. The second-order valence-electron chi connectivity index (χ2n) is 10.1. The highest BCUT2D eigenvalue weighted by Crippen LogP contribution is 2.33. The van der Waals surface area contributed by atoms with E-state index >= 15 is 0 Å². The number of carboxylic acid groups (broad SMARTS) is 1. The third-order valence-corrected chi connectivity index (χ3v) is 6.64. The van der Waals surface area contributed by atoms with Crippen molar-refractivity contribution in [2.45, 2.75) is 143 Å². The number of rotatable bonds is 16. The zero-order chi connectivity index (χ0) is 23.3. The maximum atomic E-state index is 10.3. The van der Waals surface area contributed by atoms with Crippen molar-refractivity contribution >= 4 is 5.97 Å². The van der Waals surface area contributed by atoms with E-state index in [0.29, 0.717) is 18.3 Å². The molecule has 0 aromatic carbocycles. The van der Waals surface area contributed by atoms with Crippen molar-refractivity contribution in [3.8, 4) is 0 Å². The molecule has 3 heteroatoms. The summed E-state index contributed by atoms with van der Waals surface area (Å²) in [5.41, 5.74) is 0. The van der Waals surface area contributed by atoms with E-state index in [1.165, 1.54) is 83.5 Å². The smallest absolute Gasteiger partial charge is 0.303 e. The fraction of sp³-hybridized carbons (Fsp3) is 0.893. The quantitative estimate of drug-likeness (QED) is 0.187. The average molecular weight is 439 g/mol. The Morgan fingerprint density at radius 3 is 1.87 bits per heavy atom. The molecule has 0 bridgehead atoms. The maximum Gasteiger partial charge on any atom is 0.303 e. The monoisotopic (exact) mass is 438 g/mol. The van der Waals surface area contributed by atoms with Crippen molar-refractivity contribution in [1.29, 1.82) is 0 Å². The lowest BCUT2D eigenvalue weighted by Gasteiger charge is -2.33. The molecule has 1 aliphatic carbocycles. The zero-order valence-corrected chi connectivity index (χ0v) is 21.3. The standard InChI is InChI=1S/C18H34O2.C10H20O/c1-2-3-4-5-6-7-8-9-10-11-12-13-14-15-16-17-18(19)20;1-7(2)9-5-4-8(3)6-10(9)11/h9-10H,2-8,11-17H2,1H3,(H,19,20);7-11H,4-6H2,1-3H3/b10-9-;. The first-order chi connectivity index (χ1) is 14.9. The van der Waals surface area contributed by atoms with Gasteiger partial charge < -0.3 is 10.2 Å². The number of aliphatic carboxylic acids is 1. The molecule has 31 heavy (non-hydrogen) atoms. The van der Waals surface area contributed by atoms with Crippen LogP contribution >= 0.6 is 0 Å². The van der Waals surface area contributed by atoms with Crippen LogP contribution in [-0.2, 0) is 4.79 Å². The van der Waals surface area contributed by atoms with Crippen molar-refractivity contribution in [2.75, 3.05) is 0 Å². The Morgan fingerprint density at radius 1 is 0.871 bits per heavy atom. The Labute approximate surface area is 194 Å². The average Bonchev–Trinajstić information content (AvgIpc) is 2.71. The van der Waals surface area contributed by atoms with E-state index in [1.807, 2.05) is 0 Å². The van der Waals surface area contributed by atoms with Gasteiger partial charge in [0, 0.05) is 6.42 Å². The first-order valence-electron chi connectivity index (χ1n) is 13.4. The van der Waals surface area contributed by atoms with Crippen LogP contribution < -0.4 is 0 Å². The highest BCUT2D eigenvalue weighted by Gasteiger charge is 2.28. The van der Waals surface area contributed by atoms with Crippen LogP contribution in [0.15, 0.2) is 12.2 Å². The molecular weight excluding hydrogens is 384 g/mol. The van der Waals surface area contributed by atoms with E-state index in [0.717, 1.165) is 25.2 Å². The van der Waals surface area contributed by atoms with Gasteiger partial charge in [0.2, 0.25) is 0 Å². The molecule has 3 atom stereocenters. The van der Waals surface area contributed by atoms with Crippen molar-refractivity contribution in [3.63, 3.8) is 0 Å². The molecule has 0 radical (unpaired) electrons. The predicted octanol–water partition coefficient (Wildman–Crippen LogP) is 8.55. The minimum absolute atomic E-state index is 0.0289. The summed E-state index contributed by atoms with van der Waals surface area (Å²) in [4.78, 5) is 10.3. The number of carbonyl (C=O) groups is 1. The normalized spacial score (nSPS) is 21.3. The van der Waals surface area contributed by atoms with Gasteiger partial charge in [-0.3, -0.25) is 4.79 Å². The van der Waals surface area contributed by atoms with Gasteiger partial charge in [-0.05, 0) is 62.7 Å². The maximum absolute atomic E-state index is 10.3. The molecule has 1 rings (SSSR count). The van der Waals surface area contributed by atoms with Crippen LogP contribution in [0.25, 0.3) is 0 Å². The lowest BCUT2D eigenvalue weighted by molar-refractivity contribution is -0.137. The van der Waals surface area contributed by atoms with Gasteiger partial charge in [0.1, 0.15) is 0 Å². The van der Waals surface area contributed by atoms with Gasteiger partial charge in [-0.2, -0.15) is 0 Å². The highest BCUT2D eigenvalue weighted by atomic mass is 16.4. The number of carboxylic acids is 1. The largest absolute Gasteiger partial charge is 0.481 e. The van der Waals surface area contributed by atoms with Gasteiger partial charge in [0.25, 0.3) is 0 Å². The summed E-state index contributed by atoms with van der Waals surface area (Å²) in [6, 6.07) is 0. The molecule has 0 heterocycles. The second-order valence-corrected chi connectivity index (χ2v) is 10.1. The lowest BCUT2D eigenvalue weighted by Crippen LogP contribution is -2.31. The minimum Gasteiger partial charge on any atom is -0.481 e. The molecular formula is C28H54O3. The summed E-state index contributed by atoms with van der Waals surface area (Å²) in [6.07, 6.45) is 24.8. The van der Waals surface area contributed by atoms with Gasteiger partial charge in [0.15, 0.2) is 0 Å². The number of aliphatic hydroxyl groups is 1. The predicted molar refractivity (Wildman–Crippen MR) is 134 cm³/mol. The van der Waals surface area contributed by atoms with E-state index in [2.05, 4.69) is 39.8 Å². The van der Waals surface area contributed by atoms with E-state index < -0.39 is 5.97 Å². The molecule has 1 fully saturated rings. The fourth-order valence-corrected chi connectivity index (χ4v) is 4.50. The Kier molecular flexibility index (Phi) is 20.5. The van der Waals surface area contributed by atoms with Gasteiger partial charge in [0.05, 0.1) is 6.10 Å². The Hall–Kier alpha value is -0.830. The van der Waals surface area contributed by atoms with E-state index in [-0.39, 0.29) is 6.10 Å². The van der Waals surface area contributed by atoms with Crippen molar-refractivity contribution in [2.24, 2.45) is 17.8 Å². The third kappa shape index (κ3) is 19.6. The topological polar surface area (TPSA) is 57.5 Å². The van der Waals surface area contributed by atoms with Gasteiger partial charge in [-0.1, -0.05) is 97.6 Å². The van der Waals surface area contributed by atoms with Crippen LogP contribution in [0, 0.1) is 17.8 Å². The molecule has 0 spiro atoms. The molecule has 0 aromatic rings. The third-order valence-electron chi connectivity index (χ3n) is 6.64. The van der Waals surface area contributed by atoms with Crippen molar-refractivity contribution in [1.82, 2.24) is 0 Å². The van der Waals surface area contributed by atoms with Gasteiger partial charge in [-0.25, -0.2) is 0 Å². The van der Waals surface area contributed by atoms with Crippen LogP contribution in [0.1, 0.15) is 137 Å². The van der Waals surface area contributed by atoms with E-state index in [4.69, 9.17) is 5.11 Å². The Bertz CT molecular complexity index is 430. The minimum atomic E-state index is -0.664. The molecule has 0 amide bonds. The molecule has 0 aromatic heterocycles. The van der Waals surface area contributed by atoms with Crippen LogP contribution in [0.3, 0.4) is 0 Å². The summed E-state index contributed by atoms with van der Waals surface area (Å²) in [6.45, 7) is 8.92. The van der Waals surface area contributed by atoms with E-state index in [9.17, 15) is 9.90 Å². The van der Waals surface area contributed by atoms with Crippen LogP contribution in [0.4, 0.5) is 0 Å². The van der Waals surface area contributed by atoms with Crippen molar-refractivity contribution in [3.05, 3.63) is 12.2 Å². The number of aliphatic hydroxyl groups excluding tert-OH is 1. The Morgan fingerprint density at radius 2 is 1.39 bits per heavy atom. The molecule has 2 N–H and O–H groups in total. The Balaban J connectivity index is 0.000000683. The van der Waals surface area contributed by atoms with E-state index in [1.54, 1.807) is 0 Å². The highest BCUT2D eigenvalue weighted by molar-refractivity contribution is 5.66. The zero-order valence-electron chi connectivity index (χ0n) is 21.3. The number of hydrogen-bond donors (Lipinski definition) is 2. The van der Waals surface area contributed by atoms with Gasteiger partial charge in [-0.15, -0.1) is 0 Å².